The second-order valence-corrected chi connectivity index (χ2v) is 11.5. The first-order valence-electron chi connectivity index (χ1n) is 13.4. The molecule has 0 aliphatic rings. The predicted octanol–water partition coefficient (Wildman–Crippen LogP) is 4.09. The number of imidazole rings is 1. The first-order chi connectivity index (χ1) is 20.4. The third-order valence-electron chi connectivity index (χ3n) is 6.42. The molecule has 230 valence electrons. The van der Waals surface area contributed by atoms with Crippen LogP contribution in [0, 0.1) is 22.7 Å². The van der Waals surface area contributed by atoms with Crippen molar-refractivity contribution in [1.29, 1.82) is 10.5 Å². The van der Waals surface area contributed by atoms with Crippen LogP contribution in [0.4, 0.5) is 23.0 Å². The minimum absolute atomic E-state index is 0.109. The molecule has 15 heteroatoms. The van der Waals surface area contributed by atoms with Crippen LogP contribution < -0.4 is 9.62 Å². The second kappa shape index (κ2) is 15.6. The lowest BCUT2D eigenvalue weighted by molar-refractivity contribution is -0.140. The molecule has 14 nitrogen and oxygen atoms in total. The van der Waals surface area contributed by atoms with Gasteiger partial charge >= 0.3 is 16.2 Å². The van der Waals surface area contributed by atoms with Crippen molar-refractivity contribution in [2.45, 2.75) is 45.7 Å². The van der Waals surface area contributed by atoms with Gasteiger partial charge in [0.25, 0.3) is 5.95 Å². The SMILES string of the molecule is C=CCN(c1ccc(N=Nc2nc(C#N)c(C#N)n2C(CO)COC(=O)C(=C)C)c(NS(=O)(=O)N(C)C)c1)C(CC)CC. The summed E-state index contributed by atoms with van der Waals surface area (Å²) in [4.78, 5) is 18.1. The van der Waals surface area contributed by atoms with E-state index in [1.807, 2.05) is 6.07 Å². The summed E-state index contributed by atoms with van der Waals surface area (Å²) >= 11 is 0. The molecule has 2 rings (SSSR count). The minimum Gasteiger partial charge on any atom is -0.460 e. The maximum Gasteiger partial charge on any atom is 0.333 e. The van der Waals surface area contributed by atoms with Crippen molar-refractivity contribution in [3.63, 3.8) is 0 Å². The summed E-state index contributed by atoms with van der Waals surface area (Å²) in [6, 6.07) is 7.78. The van der Waals surface area contributed by atoms with Gasteiger partial charge in [-0.25, -0.2) is 4.79 Å². The molecule has 0 aliphatic carbocycles. The lowest BCUT2D eigenvalue weighted by Gasteiger charge is -2.32. The number of rotatable bonds is 16. The van der Waals surface area contributed by atoms with E-state index in [0.717, 1.165) is 27.4 Å². The average Bonchev–Trinajstić information content (AvgIpc) is 3.33. The number of azo groups is 1. The second-order valence-electron chi connectivity index (χ2n) is 9.62. The standard InChI is InChI=1S/C28H37N9O5S/c1-8-13-36(20(9-2)10-3)21-11-12-23(24(14-21)34-43(40,41)35(6)7)32-33-28-31-25(15-29)26(16-30)37(28)22(17-38)18-42-27(39)19(4)5/h8,11-12,14,20,22,34,38H,1,4,9-10,13,17-18H2,2-3,5-7H3. The molecule has 0 saturated carbocycles. The molecular formula is C28H37N9O5S. The maximum absolute atomic E-state index is 12.8. The Bertz CT molecular complexity index is 1550. The molecule has 2 N–H and O–H groups in total. The van der Waals surface area contributed by atoms with E-state index >= 15 is 0 Å². The van der Waals surface area contributed by atoms with Crippen LogP contribution in [-0.2, 0) is 19.7 Å². The average molecular weight is 612 g/mol. The van der Waals surface area contributed by atoms with Crippen LogP contribution >= 0.6 is 0 Å². The highest BCUT2D eigenvalue weighted by molar-refractivity contribution is 7.90. The molecule has 1 unspecified atom stereocenters. The van der Waals surface area contributed by atoms with E-state index < -0.39 is 28.8 Å². The van der Waals surface area contributed by atoms with Crippen molar-refractivity contribution in [2.75, 3.05) is 43.5 Å². The van der Waals surface area contributed by atoms with Crippen molar-refractivity contribution in [3.05, 3.63) is 54.4 Å². The van der Waals surface area contributed by atoms with Crippen LogP contribution in [0.3, 0.4) is 0 Å². The van der Waals surface area contributed by atoms with Gasteiger partial charge in [0.1, 0.15) is 24.4 Å². The molecule has 43 heavy (non-hydrogen) atoms. The number of aliphatic hydroxyl groups is 1. The predicted molar refractivity (Wildman–Crippen MR) is 162 cm³/mol. The van der Waals surface area contributed by atoms with E-state index in [1.54, 1.807) is 30.3 Å². The molecule has 0 radical (unpaired) electrons. The van der Waals surface area contributed by atoms with Crippen LogP contribution in [0.5, 0.6) is 0 Å². The number of ether oxygens (including phenoxy) is 1. The van der Waals surface area contributed by atoms with Gasteiger partial charge in [-0.15, -0.1) is 16.8 Å². The highest BCUT2D eigenvalue weighted by Crippen LogP contribution is 2.34. The zero-order valence-electron chi connectivity index (χ0n) is 25.0. The number of aliphatic hydroxyl groups excluding tert-OH is 1. The quantitative estimate of drug-likeness (QED) is 0.122. The van der Waals surface area contributed by atoms with Gasteiger partial charge in [0.05, 0.1) is 18.3 Å². The van der Waals surface area contributed by atoms with Crippen molar-refractivity contribution in [3.8, 4) is 12.1 Å². The number of nitriles is 2. The Labute approximate surface area is 252 Å². The minimum atomic E-state index is -3.95. The van der Waals surface area contributed by atoms with Gasteiger partial charge in [0.2, 0.25) is 0 Å². The third kappa shape index (κ3) is 8.48. The molecule has 1 heterocycles. The number of anilines is 2. The van der Waals surface area contributed by atoms with Crippen LogP contribution in [0.1, 0.15) is 51.0 Å². The lowest BCUT2D eigenvalue weighted by Crippen LogP contribution is -2.34. The molecule has 1 atom stereocenters. The molecule has 1 aromatic carbocycles. The number of carbonyl (C=O) groups excluding carboxylic acids is 1. The van der Waals surface area contributed by atoms with Crippen LogP contribution in [0.15, 0.2) is 53.2 Å². The Kier molecular flexibility index (Phi) is 12.6. The Morgan fingerprint density at radius 2 is 1.93 bits per heavy atom. The van der Waals surface area contributed by atoms with Gasteiger partial charge in [-0.3, -0.25) is 9.29 Å². The normalized spacial score (nSPS) is 12.1. The number of hydrogen-bond acceptors (Lipinski definition) is 11. The number of aromatic nitrogens is 2. The van der Waals surface area contributed by atoms with E-state index in [1.165, 1.54) is 21.0 Å². The molecule has 0 aliphatic heterocycles. The summed E-state index contributed by atoms with van der Waals surface area (Å²) in [5, 5.41) is 37.7. The zero-order chi connectivity index (χ0) is 32.3. The fourth-order valence-electron chi connectivity index (χ4n) is 4.06. The van der Waals surface area contributed by atoms with Crippen LogP contribution in [0.2, 0.25) is 0 Å². The fourth-order valence-corrected chi connectivity index (χ4v) is 4.68. The van der Waals surface area contributed by atoms with Gasteiger partial charge in [0, 0.05) is 37.9 Å². The lowest BCUT2D eigenvalue weighted by atomic mass is 10.1. The summed E-state index contributed by atoms with van der Waals surface area (Å²) in [6.07, 6.45) is 3.47. The molecule has 0 fully saturated rings. The largest absolute Gasteiger partial charge is 0.460 e. The van der Waals surface area contributed by atoms with E-state index in [9.17, 15) is 28.8 Å². The number of nitrogens with one attached hydrogen (secondary N) is 1. The van der Waals surface area contributed by atoms with Gasteiger partial charge < -0.3 is 14.7 Å². The van der Waals surface area contributed by atoms with Crippen molar-refractivity contribution >= 4 is 39.2 Å². The summed E-state index contributed by atoms with van der Waals surface area (Å²) in [5.41, 5.74) is 0.573. The molecule has 2 aromatic rings. The monoisotopic (exact) mass is 611 g/mol. The van der Waals surface area contributed by atoms with Crippen LogP contribution in [-0.4, -0.2) is 73.2 Å². The number of benzene rings is 1. The molecule has 0 spiro atoms. The first-order valence-corrected chi connectivity index (χ1v) is 14.8. The Morgan fingerprint density at radius 3 is 2.44 bits per heavy atom. The smallest absolute Gasteiger partial charge is 0.333 e. The van der Waals surface area contributed by atoms with Gasteiger partial charge in [-0.05, 0) is 38.0 Å². The summed E-state index contributed by atoms with van der Waals surface area (Å²) < 4.78 is 35.4. The Morgan fingerprint density at radius 1 is 1.26 bits per heavy atom. The Balaban J connectivity index is 2.70. The summed E-state index contributed by atoms with van der Waals surface area (Å²) in [5.74, 6) is -0.952. The van der Waals surface area contributed by atoms with E-state index in [2.05, 4.69) is 51.8 Å². The van der Waals surface area contributed by atoms with E-state index in [-0.39, 0.29) is 46.9 Å². The molecular weight excluding hydrogens is 574 g/mol. The van der Waals surface area contributed by atoms with Gasteiger partial charge in [-0.2, -0.15) is 28.2 Å². The highest BCUT2D eigenvalue weighted by atomic mass is 32.2. The number of esters is 1. The molecule has 1 aromatic heterocycles. The van der Waals surface area contributed by atoms with Crippen molar-refractivity contribution in [1.82, 2.24) is 13.9 Å². The third-order valence-corrected chi connectivity index (χ3v) is 7.86. The van der Waals surface area contributed by atoms with Crippen LogP contribution in [0.25, 0.3) is 0 Å². The van der Waals surface area contributed by atoms with Crippen molar-refractivity contribution < 1.29 is 23.1 Å². The zero-order valence-corrected chi connectivity index (χ0v) is 25.8. The molecule has 0 bridgehead atoms. The van der Waals surface area contributed by atoms with E-state index in [0.29, 0.717) is 6.54 Å². The maximum atomic E-state index is 12.8. The number of hydrogen-bond donors (Lipinski definition) is 2. The Hall–Kier alpha value is -4.57. The summed E-state index contributed by atoms with van der Waals surface area (Å²) in [7, 11) is -1.20. The number of nitrogens with zero attached hydrogens (tertiary/aromatic N) is 8. The first kappa shape index (κ1) is 34.6. The van der Waals surface area contributed by atoms with E-state index in [4.69, 9.17) is 4.74 Å². The molecule has 0 amide bonds. The highest BCUT2D eigenvalue weighted by Gasteiger charge is 2.26. The number of carbonyl (C=O) groups is 1. The van der Waals surface area contributed by atoms with Crippen molar-refractivity contribution in [2.24, 2.45) is 10.2 Å². The van der Waals surface area contributed by atoms with Gasteiger partial charge in [0.15, 0.2) is 11.4 Å². The topological polar surface area (TPSA) is 189 Å². The molecule has 0 saturated heterocycles. The fraction of sp³-hybridized carbons (Fsp3) is 0.429. The summed E-state index contributed by atoms with van der Waals surface area (Å²) in [6.45, 7) is 12.5. The van der Waals surface area contributed by atoms with Gasteiger partial charge in [-0.1, -0.05) is 26.5 Å².